The van der Waals surface area contributed by atoms with E-state index in [4.69, 9.17) is 20.7 Å². The molecular weight excluding hydrogens is 259 g/mol. The van der Waals surface area contributed by atoms with Crippen molar-refractivity contribution in [1.82, 2.24) is 0 Å². The predicted molar refractivity (Wildman–Crippen MR) is 76.2 cm³/mol. The van der Waals surface area contributed by atoms with Crippen LogP contribution >= 0.6 is 6.26 Å². The van der Waals surface area contributed by atoms with Crippen LogP contribution in [0.25, 0.3) is 0 Å². The lowest BCUT2D eigenvalue weighted by atomic mass is 10.3. The van der Waals surface area contributed by atoms with E-state index in [1.807, 2.05) is 6.92 Å². The monoisotopic (exact) mass is 284 g/mol. The van der Waals surface area contributed by atoms with Crippen LogP contribution in [-0.4, -0.2) is 39.5 Å². The molecular formula is C10H25O3PSSi. The minimum atomic E-state index is -2.10. The first kappa shape index (κ1) is 16.7. The molecule has 0 aromatic carbocycles. The second-order valence-corrected chi connectivity index (χ2v) is 12.9. The quantitative estimate of drug-likeness (QED) is 0.549. The van der Waals surface area contributed by atoms with Gasteiger partial charge in [-0.25, -0.2) is 0 Å². The zero-order chi connectivity index (χ0) is 12.8. The SMILES string of the molecule is CCP(O)(=S)C(C)CCC[Si](C)(OC)OC. The molecule has 0 rings (SSSR count). The standard InChI is InChI=1S/C10H25O3PSSi/c1-6-14(11,15)10(2)8-7-9-16(5,12-3)13-4/h10H,6-9H2,1-5H3,(H,11,15). The van der Waals surface area contributed by atoms with Gasteiger partial charge >= 0.3 is 8.56 Å². The van der Waals surface area contributed by atoms with Crippen molar-refractivity contribution in [2.45, 2.75) is 44.9 Å². The third kappa shape index (κ3) is 5.39. The molecule has 1 N–H and O–H groups in total. The van der Waals surface area contributed by atoms with E-state index in [-0.39, 0.29) is 5.66 Å². The Morgan fingerprint density at radius 1 is 1.38 bits per heavy atom. The van der Waals surface area contributed by atoms with Crippen molar-refractivity contribution in [2.24, 2.45) is 0 Å². The summed E-state index contributed by atoms with van der Waals surface area (Å²) in [7, 11) is 1.48. The van der Waals surface area contributed by atoms with Crippen molar-refractivity contribution in [3.05, 3.63) is 0 Å². The molecule has 0 saturated heterocycles. The van der Waals surface area contributed by atoms with Crippen LogP contribution in [0.1, 0.15) is 26.7 Å². The molecule has 0 saturated carbocycles. The molecule has 0 amide bonds. The van der Waals surface area contributed by atoms with Crippen molar-refractivity contribution in [1.29, 1.82) is 0 Å². The zero-order valence-corrected chi connectivity index (χ0v) is 13.7. The summed E-state index contributed by atoms with van der Waals surface area (Å²) >= 11 is 5.25. The fourth-order valence-corrected chi connectivity index (χ4v) is 4.47. The van der Waals surface area contributed by atoms with Crippen LogP contribution in [0.4, 0.5) is 0 Å². The molecule has 0 aliphatic carbocycles. The van der Waals surface area contributed by atoms with E-state index in [9.17, 15) is 4.89 Å². The summed E-state index contributed by atoms with van der Waals surface area (Å²) in [5.74, 6) is 0. The first-order valence-corrected chi connectivity index (χ1v) is 11.3. The highest BCUT2D eigenvalue weighted by Crippen LogP contribution is 2.48. The fourth-order valence-electron chi connectivity index (χ4n) is 1.52. The molecule has 16 heavy (non-hydrogen) atoms. The Kier molecular flexibility index (Phi) is 7.58. The van der Waals surface area contributed by atoms with Crippen molar-refractivity contribution in [3.63, 3.8) is 0 Å². The Bertz CT molecular complexity index is 246. The lowest BCUT2D eigenvalue weighted by Gasteiger charge is -2.25. The fraction of sp³-hybridized carbons (Fsp3) is 1.00. The molecule has 0 aliphatic rings. The molecule has 3 nitrogen and oxygen atoms in total. The Morgan fingerprint density at radius 3 is 2.25 bits per heavy atom. The van der Waals surface area contributed by atoms with Crippen LogP contribution < -0.4 is 0 Å². The highest BCUT2D eigenvalue weighted by atomic mass is 32.4. The largest absolute Gasteiger partial charge is 0.398 e. The Balaban J connectivity index is 4.04. The summed E-state index contributed by atoms with van der Waals surface area (Å²) in [6, 6.07) is 0.962. The highest BCUT2D eigenvalue weighted by Gasteiger charge is 2.29. The maximum atomic E-state index is 10.0. The van der Waals surface area contributed by atoms with Crippen molar-refractivity contribution < 1.29 is 13.7 Å². The minimum absolute atomic E-state index is 0.250. The van der Waals surface area contributed by atoms with E-state index in [2.05, 4.69) is 13.5 Å². The van der Waals surface area contributed by atoms with Gasteiger partial charge in [0, 0.05) is 19.9 Å². The summed E-state index contributed by atoms with van der Waals surface area (Å²) < 4.78 is 10.8. The van der Waals surface area contributed by atoms with Gasteiger partial charge in [-0.1, -0.05) is 32.1 Å². The molecule has 0 aliphatic heterocycles. The first-order valence-electron chi connectivity index (χ1n) is 5.73. The van der Waals surface area contributed by atoms with Crippen LogP contribution in [0.2, 0.25) is 12.6 Å². The molecule has 0 heterocycles. The van der Waals surface area contributed by atoms with Gasteiger partial charge in [-0.2, -0.15) is 0 Å². The summed E-state index contributed by atoms with van der Waals surface area (Å²) in [6.07, 6.45) is 0.620. The predicted octanol–water partition coefficient (Wildman–Crippen LogP) is 2.93. The highest BCUT2D eigenvalue weighted by molar-refractivity contribution is 8.12. The summed E-state index contributed by atoms with van der Waals surface area (Å²) in [6.45, 7) is 6.09. The van der Waals surface area contributed by atoms with Crippen LogP contribution in [0.5, 0.6) is 0 Å². The molecule has 2 unspecified atom stereocenters. The van der Waals surface area contributed by atoms with Gasteiger partial charge in [0.15, 0.2) is 0 Å². The van der Waals surface area contributed by atoms with E-state index in [0.29, 0.717) is 0 Å². The smallest absolute Gasteiger partial charge is 0.334 e. The number of hydrogen-bond donors (Lipinski definition) is 1. The van der Waals surface area contributed by atoms with Crippen molar-refractivity contribution >= 4 is 26.6 Å². The first-order chi connectivity index (χ1) is 7.31. The molecule has 0 spiro atoms. The van der Waals surface area contributed by atoms with Crippen LogP contribution in [0.3, 0.4) is 0 Å². The number of rotatable bonds is 8. The molecule has 2 atom stereocenters. The molecule has 0 aromatic rings. The average molecular weight is 284 g/mol. The van der Waals surface area contributed by atoms with Gasteiger partial charge in [0.2, 0.25) is 0 Å². The summed E-state index contributed by atoms with van der Waals surface area (Å²) in [5, 5.41) is 0. The molecule has 0 aromatic heterocycles. The topological polar surface area (TPSA) is 38.7 Å². The van der Waals surface area contributed by atoms with Gasteiger partial charge in [-0.3, -0.25) is 0 Å². The van der Waals surface area contributed by atoms with E-state index in [1.54, 1.807) is 14.2 Å². The van der Waals surface area contributed by atoms with E-state index >= 15 is 0 Å². The summed E-state index contributed by atoms with van der Waals surface area (Å²) in [5.41, 5.74) is 0.250. The van der Waals surface area contributed by atoms with E-state index in [0.717, 1.165) is 25.0 Å². The second-order valence-electron chi connectivity index (χ2n) is 4.36. The van der Waals surface area contributed by atoms with Crippen LogP contribution in [-0.2, 0) is 20.7 Å². The van der Waals surface area contributed by atoms with Gasteiger partial charge in [-0.05, 0) is 25.2 Å². The van der Waals surface area contributed by atoms with Gasteiger partial charge in [0.25, 0.3) is 0 Å². The van der Waals surface area contributed by atoms with E-state index < -0.39 is 14.8 Å². The van der Waals surface area contributed by atoms with Gasteiger partial charge in [-0.15, -0.1) is 0 Å². The average Bonchev–Trinajstić information content (AvgIpc) is 2.28. The molecule has 0 bridgehead atoms. The maximum absolute atomic E-state index is 10.0. The third-order valence-electron chi connectivity index (χ3n) is 3.26. The van der Waals surface area contributed by atoms with E-state index in [1.165, 1.54) is 0 Å². The molecule has 98 valence electrons. The Morgan fingerprint density at radius 2 is 1.88 bits per heavy atom. The lowest BCUT2D eigenvalue weighted by molar-refractivity contribution is 0.248. The Hall–Kier alpha value is 0.747. The molecule has 0 fully saturated rings. The van der Waals surface area contributed by atoms with Gasteiger partial charge in [0.1, 0.15) is 0 Å². The van der Waals surface area contributed by atoms with Crippen LogP contribution in [0.15, 0.2) is 0 Å². The number of hydrogen-bond acceptors (Lipinski definition) is 3. The van der Waals surface area contributed by atoms with Crippen molar-refractivity contribution in [3.8, 4) is 0 Å². The minimum Gasteiger partial charge on any atom is -0.398 e. The summed E-state index contributed by atoms with van der Waals surface area (Å²) in [4.78, 5) is 10.0. The maximum Gasteiger partial charge on any atom is 0.334 e. The van der Waals surface area contributed by atoms with Gasteiger partial charge < -0.3 is 13.7 Å². The lowest BCUT2D eigenvalue weighted by Crippen LogP contribution is -2.35. The molecule has 0 radical (unpaired) electrons. The Labute approximate surface area is 106 Å². The van der Waals surface area contributed by atoms with Gasteiger partial charge in [0.05, 0.1) is 6.26 Å². The van der Waals surface area contributed by atoms with Crippen molar-refractivity contribution in [2.75, 3.05) is 20.4 Å². The third-order valence-corrected chi connectivity index (χ3v) is 10.6. The zero-order valence-electron chi connectivity index (χ0n) is 11.0. The normalized spacial score (nSPS) is 18.1. The molecule has 6 heteroatoms. The van der Waals surface area contributed by atoms with Crippen LogP contribution in [0, 0.1) is 0 Å². The second kappa shape index (κ2) is 7.24.